The maximum Gasteiger partial charge on any atom is 0.306 e. The van der Waals surface area contributed by atoms with Gasteiger partial charge in [0.2, 0.25) is 5.91 Å². The quantitative estimate of drug-likeness (QED) is 0.0244. The van der Waals surface area contributed by atoms with E-state index >= 15 is 0 Å². The van der Waals surface area contributed by atoms with Crippen LogP contribution in [0.15, 0.2) is 48.6 Å². The van der Waals surface area contributed by atoms with Crippen molar-refractivity contribution in [1.82, 2.24) is 5.32 Å². The normalized spacial score (nSPS) is 13.5. The van der Waals surface area contributed by atoms with Gasteiger partial charge in [-0.2, -0.15) is 0 Å². The van der Waals surface area contributed by atoms with Crippen molar-refractivity contribution in [1.29, 1.82) is 0 Å². The Bertz CT molecular complexity index is 1130. The molecule has 0 aliphatic rings. The van der Waals surface area contributed by atoms with E-state index in [1.54, 1.807) is 0 Å². The molecule has 0 saturated heterocycles. The van der Waals surface area contributed by atoms with E-state index in [0.717, 1.165) is 64.2 Å². The van der Waals surface area contributed by atoms with Crippen molar-refractivity contribution in [2.24, 2.45) is 0 Å². The van der Waals surface area contributed by atoms with Crippen LogP contribution in [0.3, 0.4) is 0 Å². The molecule has 0 radical (unpaired) electrons. The highest BCUT2D eigenvalue weighted by molar-refractivity contribution is 5.77. The third-order valence-electron chi connectivity index (χ3n) is 13.2. The Kier molecular flexibility index (Phi) is 52.0. The van der Waals surface area contributed by atoms with Gasteiger partial charge in [-0.15, -0.1) is 0 Å². The fourth-order valence-electron chi connectivity index (χ4n) is 8.84. The molecule has 0 fully saturated rings. The second kappa shape index (κ2) is 53.8. The Morgan fingerprint density at radius 1 is 0.455 bits per heavy atom. The van der Waals surface area contributed by atoms with Crippen LogP contribution in [-0.4, -0.2) is 46.9 Å². The highest BCUT2D eigenvalue weighted by atomic mass is 16.5. The molecule has 6 nitrogen and oxygen atoms in total. The fraction of sp³-hybridized carbons (Fsp3) is 0.833. The summed E-state index contributed by atoms with van der Waals surface area (Å²) in [5.74, 6) is -0.480. The number of aliphatic hydroxyl groups excluding tert-OH is 2. The average molecular weight is 927 g/mol. The summed E-state index contributed by atoms with van der Waals surface area (Å²) < 4.78 is 5.96. The standard InChI is InChI=1S/C60H111NO5/c1-4-7-10-13-16-19-22-25-28-29-32-33-36-39-42-45-48-51-56(66-60(65)53-50-47-44-41-38-35-31-27-24-21-18-15-12-9-6-3)54-59(64)61-57(55-62)58(63)52-49-46-43-40-37-34-30-26-23-20-17-14-11-8-5-2/h9,12,15,18,21,24-25,28,56-58,62-63H,4-8,10-11,13-14,16-17,19-20,22-23,26-27,29-55H2,1-3H3,(H,61,64)/b12-9+,18-15+,24-21+,28-25+. The molecule has 3 unspecified atom stereocenters. The predicted octanol–water partition coefficient (Wildman–Crippen LogP) is 17.8. The van der Waals surface area contributed by atoms with E-state index in [1.165, 1.54) is 186 Å². The molecule has 1 amide bonds. The van der Waals surface area contributed by atoms with Crippen molar-refractivity contribution in [3.05, 3.63) is 48.6 Å². The number of ether oxygens (including phenoxy) is 1. The zero-order chi connectivity index (χ0) is 48.1. The second-order valence-electron chi connectivity index (χ2n) is 19.7. The third-order valence-corrected chi connectivity index (χ3v) is 13.2. The summed E-state index contributed by atoms with van der Waals surface area (Å²) >= 11 is 0. The van der Waals surface area contributed by atoms with E-state index in [4.69, 9.17) is 4.74 Å². The van der Waals surface area contributed by atoms with Crippen molar-refractivity contribution in [3.8, 4) is 0 Å². The number of carbonyl (C=O) groups is 2. The molecule has 6 heteroatoms. The number of hydrogen-bond donors (Lipinski definition) is 3. The summed E-state index contributed by atoms with van der Waals surface area (Å²) in [5.41, 5.74) is 0. The van der Waals surface area contributed by atoms with Crippen molar-refractivity contribution in [2.75, 3.05) is 6.61 Å². The molecule has 0 aromatic heterocycles. The van der Waals surface area contributed by atoms with E-state index in [9.17, 15) is 19.8 Å². The van der Waals surface area contributed by atoms with E-state index in [0.29, 0.717) is 19.3 Å². The first-order valence-electron chi connectivity index (χ1n) is 28.9. The lowest BCUT2D eigenvalue weighted by atomic mass is 10.0. The topological polar surface area (TPSA) is 95.9 Å². The minimum absolute atomic E-state index is 0.0711. The van der Waals surface area contributed by atoms with Crippen molar-refractivity contribution < 1.29 is 24.5 Å². The smallest absolute Gasteiger partial charge is 0.306 e. The summed E-state index contributed by atoms with van der Waals surface area (Å²) in [7, 11) is 0. The molecule has 0 heterocycles. The highest BCUT2D eigenvalue weighted by Gasteiger charge is 2.24. The number of esters is 1. The second-order valence-corrected chi connectivity index (χ2v) is 19.7. The zero-order valence-corrected chi connectivity index (χ0v) is 44.1. The lowest BCUT2D eigenvalue weighted by Crippen LogP contribution is -2.46. The van der Waals surface area contributed by atoms with Crippen LogP contribution < -0.4 is 5.32 Å². The molecule has 0 aliphatic heterocycles. The molecule has 386 valence electrons. The van der Waals surface area contributed by atoms with Crippen molar-refractivity contribution >= 4 is 11.9 Å². The van der Waals surface area contributed by atoms with Crippen molar-refractivity contribution in [3.63, 3.8) is 0 Å². The Hall–Kier alpha value is -2.18. The van der Waals surface area contributed by atoms with Crippen LogP contribution in [0.25, 0.3) is 0 Å². The number of hydrogen-bond acceptors (Lipinski definition) is 5. The minimum Gasteiger partial charge on any atom is -0.462 e. The fourth-order valence-corrected chi connectivity index (χ4v) is 8.84. The van der Waals surface area contributed by atoms with Crippen LogP contribution in [0, 0.1) is 0 Å². The third kappa shape index (κ3) is 48.3. The lowest BCUT2D eigenvalue weighted by Gasteiger charge is -2.24. The molecule has 0 aromatic rings. The van der Waals surface area contributed by atoms with Gasteiger partial charge in [-0.25, -0.2) is 0 Å². The first-order chi connectivity index (χ1) is 32.5. The molecule has 0 saturated carbocycles. The van der Waals surface area contributed by atoms with E-state index in [-0.39, 0.29) is 24.9 Å². The maximum absolute atomic E-state index is 13.3. The van der Waals surface area contributed by atoms with E-state index in [1.807, 2.05) is 0 Å². The van der Waals surface area contributed by atoms with Crippen LogP contribution in [0.1, 0.15) is 297 Å². The first-order valence-corrected chi connectivity index (χ1v) is 28.9. The van der Waals surface area contributed by atoms with Gasteiger partial charge in [0.15, 0.2) is 0 Å². The van der Waals surface area contributed by atoms with Gasteiger partial charge >= 0.3 is 5.97 Å². The van der Waals surface area contributed by atoms with Gasteiger partial charge in [0.05, 0.1) is 25.2 Å². The van der Waals surface area contributed by atoms with Crippen LogP contribution in [0.4, 0.5) is 0 Å². The number of unbranched alkanes of at least 4 members (excludes halogenated alkanes) is 34. The Labute approximate surface area is 410 Å². The molecule has 3 atom stereocenters. The highest BCUT2D eigenvalue weighted by Crippen LogP contribution is 2.19. The summed E-state index contributed by atoms with van der Waals surface area (Å²) in [6.07, 6.45) is 66.0. The van der Waals surface area contributed by atoms with Gasteiger partial charge in [-0.3, -0.25) is 9.59 Å². The molecule has 0 aromatic carbocycles. The van der Waals surface area contributed by atoms with Gasteiger partial charge < -0.3 is 20.3 Å². The number of nitrogens with one attached hydrogen (secondary N) is 1. The molecule has 0 aliphatic carbocycles. The average Bonchev–Trinajstić information content (AvgIpc) is 3.31. The molecule has 0 bridgehead atoms. The molecule has 66 heavy (non-hydrogen) atoms. The van der Waals surface area contributed by atoms with Gasteiger partial charge in [0.1, 0.15) is 6.10 Å². The SMILES string of the molecule is CC/C=C/C=C/C=C/CCCCCCCCCC(=O)OC(CCCCCCCCC/C=C/CCCCCCCC)CC(=O)NC(CO)C(O)CCCCCCCCCCCCCCCCC. The molecule has 0 rings (SSSR count). The number of allylic oxidation sites excluding steroid dienone is 8. The Balaban J connectivity index is 4.57. The maximum atomic E-state index is 13.3. The van der Waals surface area contributed by atoms with Gasteiger partial charge in [0.25, 0.3) is 0 Å². The molecule has 0 spiro atoms. The summed E-state index contributed by atoms with van der Waals surface area (Å²) in [6.45, 7) is 6.38. The lowest BCUT2D eigenvalue weighted by molar-refractivity contribution is -0.151. The van der Waals surface area contributed by atoms with Crippen LogP contribution in [0.5, 0.6) is 0 Å². The summed E-state index contributed by atoms with van der Waals surface area (Å²) in [4.78, 5) is 26.3. The largest absolute Gasteiger partial charge is 0.462 e. The molecule has 3 N–H and O–H groups in total. The van der Waals surface area contributed by atoms with Crippen LogP contribution >= 0.6 is 0 Å². The Morgan fingerprint density at radius 3 is 1.27 bits per heavy atom. The van der Waals surface area contributed by atoms with Gasteiger partial charge in [-0.05, 0) is 70.6 Å². The number of rotatable bonds is 52. The predicted molar refractivity (Wildman–Crippen MR) is 287 cm³/mol. The van der Waals surface area contributed by atoms with E-state index < -0.39 is 18.2 Å². The zero-order valence-electron chi connectivity index (χ0n) is 44.1. The summed E-state index contributed by atoms with van der Waals surface area (Å²) in [6, 6.07) is -0.706. The number of aliphatic hydroxyl groups is 2. The first kappa shape index (κ1) is 63.8. The van der Waals surface area contributed by atoms with Gasteiger partial charge in [-0.1, -0.05) is 262 Å². The van der Waals surface area contributed by atoms with E-state index in [2.05, 4.69) is 74.7 Å². The Morgan fingerprint density at radius 2 is 0.833 bits per heavy atom. The van der Waals surface area contributed by atoms with Crippen LogP contribution in [-0.2, 0) is 14.3 Å². The summed E-state index contributed by atoms with van der Waals surface area (Å²) in [5, 5.41) is 23.9. The number of carbonyl (C=O) groups excluding carboxylic acids is 2. The van der Waals surface area contributed by atoms with Gasteiger partial charge in [0, 0.05) is 6.42 Å². The van der Waals surface area contributed by atoms with Crippen molar-refractivity contribution in [2.45, 2.75) is 315 Å². The number of amides is 1. The molecular weight excluding hydrogens is 815 g/mol. The monoisotopic (exact) mass is 926 g/mol. The molecular formula is C60H111NO5. The van der Waals surface area contributed by atoms with Crippen LogP contribution in [0.2, 0.25) is 0 Å². The minimum atomic E-state index is -0.791.